The van der Waals surface area contributed by atoms with Crippen LogP contribution in [0.25, 0.3) is 0 Å². The molecule has 3 rings (SSSR count). The number of hydrogen-bond donors (Lipinski definition) is 29. The smallest absolute Gasteiger partial charge is 0.326 e. The fourth-order valence-corrected chi connectivity index (χ4v) is 14.5. The van der Waals surface area contributed by atoms with Gasteiger partial charge in [0.1, 0.15) is 84.3 Å². The van der Waals surface area contributed by atoms with E-state index >= 15 is 9.59 Å². The number of nitrogens with one attached hydrogen (secondary N) is 19. The highest BCUT2D eigenvalue weighted by Gasteiger charge is 2.40. The molecule has 0 saturated carbocycles. The number of nitrogens with two attached hydrogens (primary N) is 4. The number of aliphatic hydroxyl groups excluding tert-OH is 2. The molecule has 16 amide bonds. The number of hydrogen-bond acceptors (Lipinski definition) is 27. The molecule has 0 radical (unpaired) electrons. The average molecular weight is 1880 g/mol. The zero-order valence-corrected chi connectivity index (χ0v) is 75.4. The molecule has 1 fully saturated rings. The van der Waals surface area contributed by atoms with Crippen molar-refractivity contribution in [2.75, 3.05) is 50.9 Å². The Labute approximate surface area is 758 Å². The fourth-order valence-electron chi connectivity index (χ4n) is 12.2. The second kappa shape index (κ2) is 59.4. The maximum atomic E-state index is 15.1. The topological polar surface area (TPSA) is 802 Å². The van der Waals surface area contributed by atoms with Crippen molar-refractivity contribution in [2.24, 2.45) is 46.6 Å². The van der Waals surface area contributed by atoms with Gasteiger partial charge in [-0.15, -0.1) is 0 Å². The van der Waals surface area contributed by atoms with Gasteiger partial charge in [-0.1, -0.05) is 126 Å². The Morgan fingerprint density at radius 3 is 1.61 bits per heavy atom. The SMILES string of the molecule is CC(=O)O.CC[C@H](C)[C@H](NC(=O)[C@H](CCCNC(=N)N)NC(=O)[C@H](CC(C)C)NC(=O)[C@@H](N)Cc1ccc(O)cc1)C(=O)N[C@H](C(=O)N[C@@H](CCC(N)=O)C(=O)NC1CSSCC(C(=O)NCC(=O)N[C@@H](Cc2ccccc2)C(=O)O)NC(=O)[C@H](CO)NC(=O)CNC(=O)[C@H](CCC(=O)O)NC(=O)[C@@H](C(C)C)NC(=O)C(CO)NC(=O)[C@H](CCCNC(=N)N)NC1=O)C(C)C. The minimum atomic E-state index is -1.96. The Hall–Kier alpha value is -12.7. The Kier molecular flexibility index (Phi) is 51.8. The van der Waals surface area contributed by atoms with Crippen LogP contribution in [0.4, 0.5) is 0 Å². The van der Waals surface area contributed by atoms with Crippen LogP contribution in [0, 0.1) is 34.5 Å². The third-order valence-corrected chi connectivity index (χ3v) is 21.8. The summed E-state index contributed by atoms with van der Waals surface area (Å²) in [6.07, 6.45) is -3.08. The van der Waals surface area contributed by atoms with Gasteiger partial charge in [-0.3, -0.25) is 97.1 Å². The van der Waals surface area contributed by atoms with E-state index in [1.54, 1.807) is 70.2 Å². The van der Waals surface area contributed by atoms with E-state index in [0.29, 0.717) is 32.7 Å². The minimum Gasteiger partial charge on any atom is -0.508 e. The molecule has 0 spiro atoms. The molecular weight excluding hydrogens is 1750 g/mol. The van der Waals surface area contributed by atoms with Crippen molar-refractivity contribution in [3.63, 3.8) is 0 Å². The summed E-state index contributed by atoms with van der Waals surface area (Å²) in [5.74, 6) is -26.0. The summed E-state index contributed by atoms with van der Waals surface area (Å²) in [6.45, 7) is 9.37. The van der Waals surface area contributed by atoms with Crippen molar-refractivity contribution in [1.29, 1.82) is 10.8 Å². The molecule has 3 unspecified atom stereocenters. The number of primary amides is 1. The molecule has 2 aromatic carbocycles. The van der Waals surface area contributed by atoms with Crippen LogP contribution in [0.3, 0.4) is 0 Å². The monoisotopic (exact) mass is 1870 g/mol. The van der Waals surface area contributed by atoms with E-state index in [1.165, 1.54) is 39.8 Å². The third kappa shape index (κ3) is 44.3. The maximum Gasteiger partial charge on any atom is 0.326 e. The van der Waals surface area contributed by atoms with Crippen molar-refractivity contribution in [1.82, 2.24) is 90.4 Å². The Bertz CT molecular complexity index is 4190. The first-order chi connectivity index (χ1) is 61.1. The van der Waals surface area contributed by atoms with Gasteiger partial charge in [0.15, 0.2) is 11.9 Å². The second-order valence-corrected chi connectivity index (χ2v) is 34.0. The van der Waals surface area contributed by atoms with Gasteiger partial charge in [0.25, 0.3) is 5.97 Å². The Morgan fingerprint density at radius 1 is 0.531 bits per heavy atom. The first-order valence-corrected chi connectivity index (χ1v) is 44.2. The first-order valence-electron chi connectivity index (χ1n) is 41.7. The number of aliphatic carboxylic acids is 3. The van der Waals surface area contributed by atoms with E-state index in [0.717, 1.165) is 6.92 Å². The molecule has 1 aliphatic rings. The van der Waals surface area contributed by atoms with E-state index in [1.807, 2.05) is 0 Å². The number of guanidine groups is 2. The fraction of sp³-hybridized carbons (Fsp3) is 0.588. The minimum absolute atomic E-state index is 0.0164. The van der Waals surface area contributed by atoms with Gasteiger partial charge < -0.3 is 144 Å². The van der Waals surface area contributed by atoms with Crippen molar-refractivity contribution in [3.8, 4) is 5.75 Å². The molecule has 48 nitrogen and oxygen atoms in total. The van der Waals surface area contributed by atoms with E-state index in [9.17, 15) is 102 Å². The number of amides is 16. The molecule has 1 saturated heterocycles. The molecular formula is C80H127N23O25S2. The molecule has 0 aromatic heterocycles. The van der Waals surface area contributed by atoms with Gasteiger partial charge in [-0.05, 0) is 98.3 Å². The van der Waals surface area contributed by atoms with Gasteiger partial charge in [0.2, 0.25) is 94.5 Å². The van der Waals surface area contributed by atoms with Crippen molar-refractivity contribution in [2.45, 2.75) is 224 Å². The summed E-state index contributed by atoms with van der Waals surface area (Å²) < 4.78 is 0. The van der Waals surface area contributed by atoms with Crippen LogP contribution in [-0.4, -0.2) is 290 Å². The van der Waals surface area contributed by atoms with Gasteiger partial charge in [-0.25, -0.2) is 4.79 Å². The number of carbonyl (C=O) groups is 19. The highest BCUT2D eigenvalue weighted by atomic mass is 33.1. The molecule has 0 aliphatic carbocycles. The molecule has 15 atom stereocenters. The summed E-state index contributed by atoms with van der Waals surface area (Å²) in [5, 5.41) is 115. The highest BCUT2D eigenvalue weighted by molar-refractivity contribution is 8.76. The van der Waals surface area contributed by atoms with Crippen LogP contribution in [-0.2, 0) is 104 Å². The number of phenolic OH excluding ortho intramolecular Hbond substituents is 1. The summed E-state index contributed by atoms with van der Waals surface area (Å²) in [7, 11) is 1.34. The standard InChI is InChI=1S/C78H123N23O23S2.C2H4O2/c1-9-41(8)62(101-68(115)47(18-14-28-86-78(83)84)91-69(116)50(29-38(2)3)95-63(110)45(79)30-43-19-21-44(104)22-20-43)75(122)100-61(40(6)7)74(121)94-49(23-25-56(80)105)67(114)98-55-37-126-125-36-54(65(112)88-32-57(106)89-51(76(123)124)31-42-15-11-10-12-16-42)97-70(117)52(34-102)90-58(107)33-87-64(111)48(24-26-59(108)109)93-73(120)60(39(4)5)99-71(118)53(35-103)96-66(113)46(92-72(55)119)17-13-27-85-77(81)82;1-2(3)4/h10-12,15-16,19-22,38-41,45-55,60-62,102-104H,9,13-14,17-18,23-37,79H2,1-8H3,(H2,80,105)(H,87,111)(H,88,112)(H,89,106)(H,90,107)(H,91,116)(H,92,119)(H,93,120)(H,94,121)(H,95,110)(H,96,113)(H,97,117)(H,98,114)(H,99,118)(H,100,122)(H,101,115)(H,108,109)(H,123,124)(H4,81,82,85)(H4,83,84,86);1H3,(H,3,4)/t41-,45-,46-,47-,48-,49-,50-,51-,52-,53?,54?,55?,60+,61-,62-;/m0./s1. The van der Waals surface area contributed by atoms with Crippen LogP contribution < -0.4 is 113 Å². The van der Waals surface area contributed by atoms with Gasteiger partial charge >= 0.3 is 11.9 Å². The lowest BCUT2D eigenvalue weighted by atomic mass is 9.95. The van der Waals surface area contributed by atoms with E-state index in [-0.39, 0.29) is 69.7 Å². The summed E-state index contributed by atoms with van der Waals surface area (Å²) in [4.78, 5) is 260. The number of rotatable bonds is 43. The van der Waals surface area contributed by atoms with Crippen molar-refractivity contribution in [3.05, 3.63) is 65.7 Å². The quantitative estimate of drug-likeness (QED) is 0.0127. The number of carbonyl (C=O) groups excluding carboxylic acids is 16. The van der Waals surface area contributed by atoms with E-state index in [4.69, 9.17) is 43.7 Å². The van der Waals surface area contributed by atoms with Gasteiger partial charge in [0.05, 0.1) is 32.3 Å². The van der Waals surface area contributed by atoms with Crippen molar-refractivity contribution >= 4 is 146 Å². The van der Waals surface area contributed by atoms with Crippen molar-refractivity contribution < 1.29 is 122 Å². The largest absolute Gasteiger partial charge is 0.508 e. The number of benzene rings is 2. The van der Waals surface area contributed by atoms with Crippen LogP contribution in [0.15, 0.2) is 54.6 Å². The summed E-state index contributed by atoms with van der Waals surface area (Å²) in [6, 6.07) is -9.07. The lowest BCUT2D eigenvalue weighted by Crippen LogP contribution is -2.62. The molecule has 130 heavy (non-hydrogen) atoms. The predicted octanol–water partition coefficient (Wildman–Crippen LogP) is -7.34. The van der Waals surface area contributed by atoms with Crippen LogP contribution in [0.1, 0.15) is 138 Å². The normalized spacial score (nSPS) is 19.3. The summed E-state index contributed by atoms with van der Waals surface area (Å²) >= 11 is 0. The van der Waals surface area contributed by atoms with Crippen LogP contribution >= 0.6 is 21.6 Å². The molecule has 1 aliphatic heterocycles. The van der Waals surface area contributed by atoms with Gasteiger partial charge in [0, 0.05) is 50.8 Å². The lowest BCUT2D eigenvalue weighted by Gasteiger charge is -2.31. The number of carboxylic acids is 3. The molecule has 724 valence electrons. The third-order valence-electron chi connectivity index (χ3n) is 19.4. The predicted molar refractivity (Wildman–Crippen MR) is 473 cm³/mol. The number of phenols is 1. The first kappa shape index (κ1) is 113. The van der Waals surface area contributed by atoms with Crippen LogP contribution in [0.5, 0.6) is 5.75 Å². The summed E-state index contributed by atoms with van der Waals surface area (Å²) in [5.41, 5.74) is 24.1. The van der Waals surface area contributed by atoms with Gasteiger partial charge in [-0.2, -0.15) is 0 Å². The molecule has 2 aromatic rings. The molecule has 33 N–H and O–H groups in total. The Balaban J connectivity index is 0.0000140. The zero-order valence-electron chi connectivity index (χ0n) is 73.8. The average Bonchev–Trinajstić information content (AvgIpc) is 0.888. The zero-order chi connectivity index (χ0) is 98.2. The molecule has 1 heterocycles. The number of aromatic hydroxyl groups is 1. The molecule has 50 heteroatoms. The second-order valence-electron chi connectivity index (χ2n) is 31.5. The number of carboxylic acid groups (broad SMARTS) is 3. The Morgan fingerprint density at radius 2 is 1.05 bits per heavy atom. The lowest BCUT2D eigenvalue weighted by molar-refractivity contribution is -0.142. The van der Waals surface area contributed by atoms with Crippen LogP contribution in [0.2, 0.25) is 0 Å². The number of aliphatic hydroxyl groups is 2. The highest BCUT2D eigenvalue weighted by Crippen LogP contribution is 2.25. The molecule has 0 bridgehead atoms. The van der Waals surface area contributed by atoms with E-state index < -0.39 is 297 Å². The van der Waals surface area contributed by atoms with E-state index in [2.05, 4.69) is 90.4 Å². The maximum absolute atomic E-state index is 15.1.